The molecule has 0 fully saturated rings. The number of hydrogen-bond acceptors (Lipinski definition) is 8. The third kappa shape index (κ3) is 4.11. The Morgan fingerprint density at radius 2 is 1.34 bits per heavy atom. The van der Waals surface area contributed by atoms with Crippen LogP contribution in [0, 0.1) is 0 Å². The Bertz CT molecular complexity index is 973. The predicted octanol–water partition coefficient (Wildman–Crippen LogP) is 3.07. The maximum Gasteiger partial charge on any atom is 0.363 e. The Morgan fingerprint density at radius 3 is 1.90 bits per heavy atom. The first-order valence-corrected chi connectivity index (χ1v) is 8.59. The number of esters is 1. The second-order valence-corrected chi connectivity index (χ2v) is 5.89. The molecule has 1 aliphatic heterocycles. The minimum absolute atomic E-state index is 0.118. The SMILES string of the molecule is COc1cc(OC)cc(C2=NC(=Cc3cc(OC)c(OC)cc3OC)C(=O)O2)c1. The highest BCUT2D eigenvalue weighted by molar-refractivity contribution is 6.13. The van der Waals surface area contributed by atoms with Crippen molar-refractivity contribution in [2.45, 2.75) is 0 Å². The quantitative estimate of drug-likeness (QED) is 0.522. The van der Waals surface area contributed by atoms with E-state index < -0.39 is 5.97 Å². The van der Waals surface area contributed by atoms with Crippen molar-refractivity contribution in [1.29, 1.82) is 0 Å². The Morgan fingerprint density at radius 1 is 0.759 bits per heavy atom. The van der Waals surface area contributed by atoms with E-state index in [0.29, 0.717) is 39.9 Å². The lowest BCUT2D eigenvalue weighted by atomic mass is 10.1. The second kappa shape index (κ2) is 8.55. The summed E-state index contributed by atoms with van der Waals surface area (Å²) in [7, 11) is 7.65. The Balaban J connectivity index is 2.03. The molecule has 0 amide bonds. The summed E-state index contributed by atoms with van der Waals surface area (Å²) in [6.07, 6.45) is 1.56. The van der Waals surface area contributed by atoms with Crippen molar-refractivity contribution in [2.24, 2.45) is 4.99 Å². The number of hydrogen-bond donors (Lipinski definition) is 0. The van der Waals surface area contributed by atoms with Crippen LogP contribution in [0.4, 0.5) is 0 Å². The number of aliphatic imine (C=N–C) groups is 1. The molecule has 29 heavy (non-hydrogen) atoms. The van der Waals surface area contributed by atoms with Crippen molar-refractivity contribution in [3.63, 3.8) is 0 Å². The van der Waals surface area contributed by atoms with E-state index in [1.54, 1.807) is 36.4 Å². The molecule has 2 aromatic carbocycles. The highest BCUT2D eigenvalue weighted by atomic mass is 16.6. The van der Waals surface area contributed by atoms with Gasteiger partial charge in [-0.05, 0) is 24.3 Å². The zero-order valence-electron chi connectivity index (χ0n) is 16.8. The van der Waals surface area contributed by atoms with Crippen LogP contribution in [0.3, 0.4) is 0 Å². The van der Waals surface area contributed by atoms with E-state index in [1.807, 2.05) is 0 Å². The van der Waals surface area contributed by atoms with Crippen LogP contribution in [0.15, 0.2) is 41.0 Å². The monoisotopic (exact) mass is 399 g/mol. The molecule has 0 radical (unpaired) electrons. The molecule has 1 aliphatic rings. The highest BCUT2D eigenvalue weighted by Crippen LogP contribution is 2.36. The number of carbonyl (C=O) groups is 1. The van der Waals surface area contributed by atoms with E-state index in [9.17, 15) is 4.79 Å². The first kappa shape index (κ1) is 20.1. The molecule has 0 atom stereocenters. The van der Waals surface area contributed by atoms with E-state index in [1.165, 1.54) is 35.5 Å². The van der Waals surface area contributed by atoms with Gasteiger partial charge >= 0.3 is 5.97 Å². The topological polar surface area (TPSA) is 84.8 Å². The van der Waals surface area contributed by atoms with Gasteiger partial charge in [0.05, 0.1) is 35.5 Å². The molecular formula is C21H21NO7. The molecular weight excluding hydrogens is 378 g/mol. The lowest BCUT2D eigenvalue weighted by Gasteiger charge is -2.12. The van der Waals surface area contributed by atoms with Crippen LogP contribution in [0.1, 0.15) is 11.1 Å². The second-order valence-electron chi connectivity index (χ2n) is 5.89. The molecule has 0 saturated heterocycles. The molecule has 3 rings (SSSR count). The Labute approximate surface area is 168 Å². The lowest BCUT2D eigenvalue weighted by Crippen LogP contribution is -2.06. The maximum atomic E-state index is 12.4. The molecule has 8 nitrogen and oxygen atoms in total. The fraction of sp³-hybridized carbons (Fsp3) is 0.238. The standard InChI is InChI=1S/C21H21NO7/c1-24-14-6-13(7-15(10-14)25-2)20-22-16(21(23)29-20)8-12-9-18(27-4)19(28-5)11-17(12)26-3/h6-11H,1-5H3. The number of cyclic esters (lactones) is 1. The number of methoxy groups -OCH3 is 5. The lowest BCUT2D eigenvalue weighted by molar-refractivity contribution is -0.129. The van der Waals surface area contributed by atoms with Crippen molar-refractivity contribution in [2.75, 3.05) is 35.5 Å². The molecule has 0 saturated carbocycles. The van der Waals surface area contributed by atoms with Crippen LogP contribution in [0.2, 0.25) is 0 Å². The molecule has 0 bridgehead atoms. The fourth-order valence-electron chi connectivity index (χ4n) is 2.78. The molecule has 2 aromatic rings. The summed E-state index contributed by atoms with van der Waals surface area (Å²) < 4.78 is 31.8. The van der Waals surface area contributed by atoms with Gasteiger partial charge in [0.15, 0.2) is 17.2 Å². The van der Waals surface area contributed by atoms with Crippen molar-refractivity contribution in [1.82, 2.24) is 0 Å². The van der Waals surface area contributed by atoms with Crippen LogP contribution in [-0.4, -0.2) is 47.4 Å². The summed E-state index contributed by atoms with van der Waals surface area (Å²) in [5.41, 5.74) is 1.26. The largest absolute Gasteiger partial charge is 0.497 e. The van der Waals surface area contributed by atoms with E-state index >= 15 is 0 Å². The van der Waals surface area contributed by atoms with Gasteiger partial charge in [-0.15, -0.1) is 0 Å². The van der Waals surface area contributed by atoms with Crippen LogP contribution in [-0.2, 0) is 9.53 Å². The summed E-state index contributed by atoms with van der Waals surface area (Å²) in [4.78, 5) is 16.7. The average molecular weight is 399 g/mol. The Kier molecular flexibility index (Phi) is 5.92. The molecule has 0 N–H and O–H groups in total. The van der Waals surface area contributed by atoms with Crippen LogP contribution in [0.25, 0.3) is 6.08 Å². The molecule has 0 aliphatic carbocycles. The number of rotatable bonds is 7. The molecule has 0 aromatic heterocycles. The zero-order chi connectivity index (χ0) is 21.0. The normalized spacial score (nSPS) is 14.3. The van der Waals surface area contributed by atoms with E-state index in [2.05, 4.69) is 4.99 Å². The minimum atomic E-state index is -0.585. The predicted molar refractivity (Wildman–Crippen MR) is 106 cm³/mol. The van der Waals surface area contributed by atoms with Gasteiger partial charge in [-0.2, -0.15) is 0 Å². The molecule has 8 heteroatoms. The van der Waals surface area contributed by atoms with Crippen molar-refractivity contribution in [3.05, 3.63) is 47.2 Å². The van der Waals surface area contributed by atoms with E-state index in [0.717, 1.165) is 0 Å². The summed E-state index contributed by atoms with van der Waals surface area (Å²) >= 11 is 0. The first-order chi connectivity index (χ1) is 14.0. The van der Waals surface area contributed by atoms with Gasteiger partial charge in [-0.25, -0.2) is 9.79 Å². The highest BCUT2D eigenvalue weighted by Gasteiger charge is 2.26. The average Bonchev–Trinajstić information content (AvgIpc) is 3.13. The van der Waals surface area contributed by atoms with Gasteiger partial charge in [-0.3, -0.25) is 0 Å². The van der Waals surface area contributed by atoms with E-state index in [4.69, 9.17) is 28.4 Å². The molecule has 1 heterocycles. The third-order valence-electron chi connectivity index (χ3n) is 4.25. The first-order valence-electron chi connectivity index (χ1n) is 8.59. The number of nitrogens with zero attached hydrogens (tertiary/aromatic N) is 1. The van der Waals surface area contributed by atoms with Gasteiger partial charge < -0.3 is 28.4 Å². The molecule has 152 valence electrons. The summed E-state index contributed by atoms with van der Waals surface area (Å²) in [5, 5.41) is 0. The summed E-state index contributed by atoms with van der Waals surface area (Å²) in [6, 6.07) is 8.48. The van der Waals surface area contributed by atoms with Gasteiger partial charge in [0.25, 0.3) is 0 Å². The fourth-order valence-corrected chi connectivity index (χ4v) is 2.78. The van der Waals surface area contributed by atoms with E-state index in [-0.39, 0.29) is 11.6 Å². The van der Waals surface area contributed by atoms with Crippen molar-refractivity contribution in [3.8, 4) is 28.7 Å². The zero-order valence-corrected chi connectivity index (χ0v) is 16.8. The number of ether oxygens (including phenoxy) is 6. The molecule has 0 spiro atoms. The van der Waals surface area contributed by atoms with Crippen LogP contribution >= 0.6 is 0 Å². The van der Waals surface area contributed by atoms with Gasteiger partial charge in [0.1, 0.15) is 17.2 Å². The smallest absolute Gasteiger partial charge is 0.363 e. The van der Waals surface area contributed by atoms with Crippen LogP contribution < -0.4 is 23.7 Å². The molecule has 0 unspecified atom stereocenters. The van der Waals surface area contributed by atoms with Gasteiger partial charge in [-0.1, -0.05) is 0 Å². The van der Waals surface area contributed by atoms with Crippen molar-refractivity contribution >= 4 is 17.9 Å². The summed E-state index contributed by atoms with van der Waals surface area (Å²) in [5.74, 6) is 2.17. The summed E-state index contributed by atoms with van der Waals surface area (Å²) in [6.45, 7) is 0. The van der Waals surface area contributed by atoms with Gasteiger partial charge in [0.2, 0.25) is 5.90 Å². The third-order valence-corrected chi connectivity index (χ3v) is 4.25. The Hall–Kier alpha value is -3.68. The minimum Gasteiger partial charge on any atom is -0.497 e. The van der Waals surface area contributed by atoms with Crippen LogP contribution in [0.5, 0.6) is 28.7 Å². The maximum absolute atomic E-state index is 12.4. The number of benzene rings is 2. The number of carbonyl (C=O) groups excluding carboxylic acids is 1. The van der Waals surface area contributed by atoms with Gasteiger partial charge in [0, 0.05) is 23.3 Å². The van der Waals surface area contributed by atoms with Crippen molar-refractivity contribution < 1.29 is 33.2 Å².